The summed E-state index contributed by atoms with van der Waals surface area (Å²) in [5, 5.41) is 4.17. The maximum absolute atomic E-state index is 5.71. The molecule has 3 rings (SSSR count). The summed E-state index contributed by atoms with van der Waals surface area (Å²) >= 11 is 0. The fourth-order valence-electron chi connectivity index (χ4n) is 2.83. The second-order valence-corrected chi connectivity index (χ2v) is 6.29. The predicted molar refractivity (Wildman–Crippen MR) is 81.5 cm³/mol. The quantitative estimate of drug-likeness (QED) is 0.845. The van der Waals surface area contributed by atoms with Crippen molar-refractivity contribution in [2.24, 2.45) is 0 Å². The zero-order valence-electron chi connectivity index (χ0n) is 13.6. The molecule has 0 radical (unpaired) electrons. The highest BCUT2D eigenvalue weighted by molar-refractivity contribution is 5.01. The average Bonchev–Trinajstić information content (AvgIpc) is 3.16. The van der Waals surface area contributed by atoms with E-state index < -0.39 is 0 Å². The topological polar surface area (TPSA) is 68.2 Å². The first-order chi connectivity index (χ1) is 10.7. The Balaban J connectivity index is 1.63. The van der Waals surface area contributed by atoms with E-state index in [1.807, 2.05) is 6.20 Å². The van der Waals surface area contributed by atoms with Crippen molar-refractivity contribution in [2.75, 3.05) is 13.1 Å². The van der Waals surface area contributed by atoms with Crippen molar-refractivity contribution in [3.63, 3.8) is 0 Å². The van der Waals surface area contributed by atoms with Gasteiger partial charge in [-0.15, -0.1) is 0 Å². The van der Waals surface area contributed by atoms with Gasteiger partial charge in [-0.1, -0.05) is 25.9 Å². The Labute approximate surface area is 130 Å². The number of aryl methyl sites for hydroxylation is 1. The maximum Gasteiger partial charge on any atom is 0.229 e. The standard InChI is InChI=1S/C16H24N4O2/c1-4-13-8-17-14(21-13)10-20-7-5-6-12(9-20)15-18-16(11(2)3)22-19-15/h8,11-12H,4-7,9-10H2,1-3H3. The molecule has 1 aliphatic rings. The van der Waals surface area contributed by atoms with Gasteiger partial charge in [0, 0.05) is 24.8 Å². The Morgan fingerprint density at radius 1 is 1.41 bits per heavy atom. The van der Waals surface area contributed by atoms with Crippen molar-refractivity contribution < 1.29 is 8.94 Å². The van der Waals surface area contributed by atoms with Crippen molar-refractivity contribution in [3.8, 4) is 0 Å². The third-order valence-corrected chi connectivity index (χ3v) is 4.13. The Morgan fingerprint density at radius 3 is 2.95 bits per heavy atom. The molecular formula is C16H24N4O2. The van der Waals surface area contributed by atoms with Crippen LogP contribution in [0, 0.1) is 0 Å². The number of hydrogen-bond donors (Lipinski definition) is 0. The molecule has 120 valence electrons. The zero-order chi connectivity index (χ0) is 15.5. The number of nitrogens with zero attached hydrogens (tertiary/aromatic N) is 4. The minimum absolute atomic E-state index is 0.278. The molecule has 0 bridgehead atoms. The number of hydrogen-bond acceptors (Lipinski definition) is 6. The minimum atomic E-state index is 0.278. The van der Waals surface area contributed by atoms with E-state index in [4.69, 9.17) is 8.94 Å². The van der Waals surface area contributed by atoms with Crippen LogP contribution in [0.3, 0.4) is 0 Å². The summed E-state index contributed by atoms with van der Waals surface area (Å²) in [6.45, 7) is 8.96. The molecular weight excluding hydrogens is 280 g/mol. The molecule has 1 fully saturated rings. The molecule has 6 heteroatoms. The van der Waals surface area contributed by atoms with Crippen LogP contribution in [0.25, 0.3) is 0 Å². The number of oxazole rings is 1. The molecule has 1 atom stereocenters. The summed E-state index contributed by atoms with van der Waals surface area (Å²) in [4.78, 5) is 11.3. The Morgan fingerprint density at radius 2 is 2.27 bits per heavy atom. The lowest BCUT2D eigenvalue weighted by Crippen LogP contribution is -2.34. The van der Waals surface area contributed by atoms with Crippen molar-refractivity contribution >= 4 is 0 Å². The molecule has 0 amide bonds. The summed E-state index contributed by atoms with van der Waals surface area (Å²) in [6, 6.07) is 0. The molecule has 6 nitrogen and oxygen atoms in total. The first-order valence-electron chi connectivity index (χ1n) is 8.15. The highest BCUT2D eigenvalue weighted by Gasteiger charge is 2.26. The lowest BCUT2D eigenvalue weighted by Gasteiger charge is -2.30. The number of likely N-dealkylation sites (tertiary alicyclic amines) is 1. The second kappa shape index (κ2) is 6.60. The lowest BCUT2D eigenvalue weighted by atomic mass is 9.97. The number of piperidine rings is 1. The van der Waals surface area contributed by atoms with Crippen LogP contribution in [-0.4, -0.2) is 33.1 Å². The lowest BCUT2D eigenvalue weighted by molar-refractivity contribution is 0.178. The van der Waals surface area contributed by atoms with Crippen LogP contribution in [0.1, 0.15) is 68.8 Å². The van der Waals surface area contributed by atoms with Gasteiger partial charge < -0.3 is 8.94 Å². The van der Waals surface area contributed by atoms with Crippen molar-refractivity contribution in [1.82, 2.24) is 20.0 Å². The number of rotatable bonds is 5. The van der Waals surface area contributed by atoms with Crippen LogP contribution in [0.2, 0.25) is 0 Å². The molecule has 2 aromatic heterocycles. The van der Waals surface area contributed by atoms with Gasteiger partial charge in [-0.05, 0) is 19.4 Å². The van der Waals surface area contributed by atoms with Crippen molar-refractivity contribution in [1.29, 1.82) is 0 Å². The first kappa shape index (κ1) is 15.2. The molecule has 1 unspecified atom stereocenters. The van der Waals surface area contributed by atoms with E-state index in [0.29, 0.717) is 5.92 Å². The highest BCUT2D eigenvalue weighted by Crippen LogP contribution is 2.27. The predicted octanol–water partition coefficient (Wildman–Crippen LogP) is 3.12. The van der Waals surface area contributed by atoms with Gasteiger partial charge in [-0.2, -0.15) is 4.98 Å². The fraction of sp³-hybridized carbons (Fsp3) is 0.688. The molecule has 2 aromatic rings. The normalized spacial score (nSPS) is 19.9. The van der Waals surface area contributed by atoms with Crippen molar-refractivity contribution in [2.45, 2.75) is 58.4 Å². The third-order valence-electron chi connectivity index (χ3n) is 4.13. The molecule has 0 aliphatic carbocycles. The molecule has 1 saturated heterocycles. The van der Waals surface area contributed by atoms with E-state index in [2.05, 4.69) is 40.8 Å². The van der Waals surface area contributed by atoms with Gasteiger partial charge >= 0.3 is 0 Å². The molecule has 0 saturated carbocycles. The van der Waals surface area contributed by atoms with Gasteiger partial charge in [-0.3, -0.25) is 4.90 Å². The summed E-state index contributed by atoms with van der Waals surface area (Å²) in [7, 11) is 0. The van der Waals surface area contributed by atoms with Gasteiger partial charge in [-0.25, -0.2) is 4.98 Å². The molecule has 0 spiro atoms. The van der Waals surface area contributed by atoms with Crippen molar-refractivity contribution in [3.05, 3.63) is 29.6 Å². The zero-order valence-corrected chi connectivity index (χ0v) is 13.6. The van der Waals surface area contributed by atoms with E-state index in [9.17, 15) is 0 Å². The van der Waals surface area contributed by atoms with Crippen LogP contribution in [0.15, 0.2) is 15.1 Å². The van der Waals surface area contributed by atoms with E-state index in [0.717, 1.165) is 62.3 Å². The Hall–Kier alpha value is -1.69. The van der Waals surface area contributed by atoms with Gasteiger partial charge in [0.05, 0.1) is 12.7 Å². The van der Waals surface area contributed by atoms with Crippen LogP contribution in [0.5, 0.6) is 0 Å². The van der Waals surface area contributed by atoms with Gasteiger partial charge in [0.25, 0.3) is 0 Å². The van der Waals surface area contributed by atoms with E-state index in [-0.39, 0.29) is 5.92 Å². The summed E-state index contributed by atoms with van der Waals surface area (Å²) < 4.78 is 11.0. The third kappa shape index (κ3) is 3.38. The van der Waals surface area contributed by atoms with Gasteiger partial charge in [0.2, 0.25) is 11.8 Å². The second-order valence-electron chi connectivity index (χ2n) is 6.29. The van der Waals surface area contributed by atoms with E-state index >= 15 is 0 Å². The first-order valence-corrected chi connectivity index (χ1v) is 8.15. The van der Waals surface area contributed by atoms with Crippen LogP contribution in [0.4, 0.5) is 0 Å². The van der Waals surface area contributed by atoms with Crippen LogP contribution in [-0.2, 0) is 13.0 Å². The Bertz CT molecular complexity index is 605. The number of aromatic nitrogens is 3. The van der Waals surface area contributed by atoms with Crippen LogP contribution < -0.4 is 0 Å². The molecule has 1 aliphatic heterocycles. The van der Waals surface area contributed by atoms with E-state index in [1.165, 1.54) is 0 Å². The summed E-state index contributed by atoms with van der Waals surface area (Å²) in [5.41, 5.74) is 0. The highest BCUT2D eigenvalue weighted by atomic mass is 16.5. The van der Waals surface area contributed by atoms with Crippen LogP contribution >= 0.6 is 0 Å². The monoisotopic (exact) mass is 304 g/mol. The SMILES string of the molecule is CCc1cnc(CN2CCCC(c3noc(C(C)C)n3)C2)o1. The minimum Gasteiger partial charge on any atom is -0.444 e. The fourth-order valence-corrected chi connectivity index (χ4v) is 2.83. The van der Waals surface area contributed by atoms with Gasteiger partial charge in [0.1, 0.15) is 5.76 Å². The molecule has 0 aromatic carbocycles. The molecule has 0 N–H and O–H groups in total. The smallest absolute Gasteiger partial charge is 0.229 e. The van der Waals surface area contributed by atoms with E-state index in [1.54, 1.807) is 0 Å². The van der Waals surface area contributed by atoms with Gasteiger partial charge in [0.15, 0.2) is 5.82 Å². The average molecular weight is 304 g/mol. The Kier molecular flexibility index (Phi) is 4.57. The molecule has 22 heavy (non-hydrogen) atoms. The molecule has 3 heterocycles. The summed E-state index contributed by atoms with van der Waals surface area (Å²) in [6.07, 6.45) is 4.96. The maximum atomic E-state index is 5.71. The summed E-state index contributed by atoms with van der Waals surface area (Å²) in [5.74, 6) is 3.94. The largest absolute Gasteiger partial charge is 0.444 e.